The SMILES string of the molecule is CCC(=O)Nc1ccc(C(=O)CSc2nnc(-c3ccco3)n2CC)cc1. The minimum atomic E-state index is -0.0594. The van der Waals surface area contributed by atoms with E-state index in [9.17, 15) is 9.59 Å². The Morgan fingerprint density at radius 1 is 1.15 bits per heavy atom. The highest BCUT2D eigenvalue weighted by atomic mass is 32.2. The summed E-state index contributed by atoms with van der Waals surface area (Å²) in [5.41, 5.74) is 1.27. The average molecular weight is 384 g/mol. The van der Waals surface area contributed by atoms with E-state index in [0.29, 0.717) is 41.0 Å². The Bertz CT molecular complexity index is 917. The van der Waals surface area contributed by atoms with E-state index in [4.69, 9.17) is 4.42 Å². The van der Waals surface area contributed by atoms with E-state index in [1.165, 1.54) is 11.8 Å². The number of hydrogen-bond acceptors (Lipinski definition) is 6. The summed E-state index contributed by atoms with van der Waals surface area (Å²) in [5, 5.41) is 11.8. The smallest absolute Gasteiger partial charge is 0.224 e. The first-order chi connectivity index (χ1) is 13.1. The van der Waals surface area contributed by atoms with Crippen LogP contribution >= 0.6 is 11.8 Å². The summed E-state index contributed by atoms with van der Waals surface area (Å²) in [6.07, 6.45) is 2.00. The van der Waals surface area contributed by atoms with Gasteiger partial charge in [-0.25, -0.2) is 0 Å². The average Bonchev–Trinajstić information content (AvgIpc) is 3.35. The molecule has 7 nitrogen and oxygen atoms in total. The van der Waals surface area contributed by atoms with Crippen molar-refractivity contribution in [3.8, 4) is 11.6 Å². The van der Waals surface area contributed by atoms with Gasteiger partial charge in [-0.2, -0.15) is 0 Å². The molecule has 0 fully saturated rings. The predicted molar refractivity (Wildman–Crippen MR) is 104 cm³/mol. The third-order valence-corrected chi connectivity index (χ3v) is 4.89. The molecule has 8 heteroatoms. The molecule has 2 aromatic heterocycles. The molecule has 0 saturated carbocycles. The molecule has 0 unspecified atom stereocenters. The number of nitrogens with zero attached hydrogens (tertiary/aromatic N) is 3. The zero-order chi connectivity index (χ0) is 19.2. The first-order valence-electron chi connectivity index (χ1n) is 8.65. The van der Waals surface area contributed by atoms with Crippen LogP contribution in [0.3, 0.4) is 0 Å². The van der Waals surface area contributed by atoms with E-state index in [0.717, 1.165) is 0 Å². The van der Waals surface area contributed by atoms with Crippen LogP contribution in [-0.4, -0.2) is 32.2 Å². The third-order valence-electron chi connectivity index (χ3n) is 3.92. The molecular weight excluding hydrogens is 364 g/mol. The molecule has 3 rings (SSSR count). The summed E-state index contributed by atoms with van der Waals surface area (Å²) in [6.45, 7) is 4.45. The topological polar surface area (TPSA) is 90.0 Å². The van der Waals surface area contributed by atoms with Gasteiger partial charge in [0.2, 0.25) is 5.91 Å². The number of anilines is 1. The van der Waals surface area contributed by atoms with Crippen LogP contribution in [0, 0.1) is 0 Å². The Labute approximate surface area is 161 Å². The molecule has 0 saturated heterocycles. The van der Waals surface area contributed by atoms with Crippen molar-refractivity contribution in [2.24, 2.45) is 0 Å². The quantitative estimate of drug-likeness (QED) is 0.468. The standard InChI is InChI=1S/C19H20N4O3S/c1-3-17(25)20-14-9-7-13(8-10-14)15(24)12-27-19-22-21-18(23(19)4-2)16-6-5-11-26-16/h5-11H,3-4,12H2,1-2H3,(H,20,25). The lowest BCUT2D eigenvalue weighted by Crippen LogP contribution is -2.10. The number of aromatic nitrogens is 3. The number of amides is 1. The van der Waals surface area contributed by atoms with Crippen LogP contribution < -0.4 is 5.32 Å². The Balaban J connectivity index is 1.65. The van der Waals surface area contributed by atoms with Gasteiger partial charge in [-0.05, 0) is 43.3 Å². The molecule has 140 valence electrons. The predicted octanol–water partition coefficient (Wildman–Crippen LogP) is 3.88. The fraction of sp³-hybridized carbons (Fsp3) is 0.263. The van der Waals surface area contributed by atoms with Gasteiger partial charge in [0.25, 0.3) is 0 Å². The number of furan rings is 1. The first-order valence-corrected chi connectivity index (χ1v) is 9.64. The maximum Gasteiger partial charge on any atom is 0.224 e. The van der Waals surface area contributed by atoms with E-state index >= 15 is 0 Å². The summed E-state index contributed by atoms with van der Waals surface area (Å²) >= 11 is 1.34. The molecular formula is C19H20N4O3S. The zero-order valence-corrected chi connectivity index (χ0v) is 16.0. The summed E-state index contributed by atoms with van der Waals surface area (Å²) in [7, 11) is 0. The molecule has 3 aromatic rings. The summed E-state index contributed by atoms with van der Waals surface area (Å²) in [6, 6.07) is 10.5. The summed E-state index contributed by atoms with van der Waals surface area (Å²) in [4.78, 5) is 23.9. The molecule has 1 aromatic carbocycles. The fourth-order valence-corrected chi connectivity index (χ4v) is 3.37. The van der Waals surface area contributed by atoms with Gasteiger partial charge in [0.15, 0.2) is 22.5 Å². The maximum atomic E-state index is 12.5. The lowest BCUT2D eigenvalue weighted by atomic mass is 10.1. The largest absolute Gasteiger partial charge is 0.461 e. The van der Waals surface area contributed by atoms with Gasteiger partial charge >= 0.3 is 0 Å². The van der Waals surface area contributed by atoms with Crippen LogP contribution in [0.5, 0.6) is 0 Å². The molecule has 1 N–H and O–H groups in total. The van der Waals surface area contributed by atoms with Crippen molar-refractivity contribution >= 4 is 29.1 Å². The second-order valence-corrected chi connectivity index (χ2v) is 6.66. The zero-order valence-electron chi connectivity index (χ0n) is 15.1. The van der Waals surface area contributed by atoms with Crippen LogP contribution in [-0.2, 0) is 11.3 Å². The van der Waals surface area contributed by atoms with Gasteiger partial charge in [-0.1, -0.05) is 18.7 Å². The van der Waals surface area contributed by atoms with Crippen molar-refractivity contribution in [2.75, 3.05) is 11.1 Å². The number of hydrogen-bond donors (Lipinski definition) is 1. The molecule has 0 spiro atoms. The number of thioether (sulfide) groups is 1. The normalized spacial score (nSPS) is 10.7. The molecule has 0 aliphatic heterocycles. The van der Waals surface area contributed by atoms with Crippen molar-refractivity contribution in [1.82, 2.24) is 14.8 Å². The Hall–Kier alpha value is -2.87. The second-order valence-electron chi connectivity index (χ2n) is 5.72. The molecule has 1 amide bonds. The molecule has 0 radical (unpaired) electrons. The minimum Gasteiger partial charge on any atom is -0.461 e. The van der Waals surface area contributed by atoms with Crippen LogP contribution in [0.4, 0.5) is 5.69 Å². The number of Topliss-reactive ketones (excluding diaryl/α,β-unsaturated/α-hetero) is 1. The fourth-order valence-electron chi connectivity index (χ4n) is 2.47. The lowest BCUT2D eigenvalue weighted by molar-refractivity contribution is -0.115. The minimum absolute atomic E-state index is 0.0152. The van der Waals surface area contributed by atoms with Crippen molar-refractivity contribution in [2.45, 2.75) is 32.0 Å². The highest BCUT2D eigenvalue weighted by Gasteiger charge is 2.16. The van der Waals surface area contributed by atoms with E-state index < -0.39 is 0 Å². The highest BCUT2D eigenvalue weighted by molar-refractivity contribution is 7.99. The monoisotopic (exact) mass is 384 g/mol. The second kappa shape index (κ2) is 8.68. The van der Waals surface area contributed by atoms with Crippen molar-refractivity contribution in [3.05, 3.63) is 48.2 Å². The van der Waals surface area contributed by atoms with Gasteiger partial charge < -0.3 is 9.73 Å². The molecule has 27 heavy (non-hydrogen) atoms. The summed E-state index contributed by atoms with van der Waals surface area (Å²) < 4.78 is 7.30. The molecule has 0 atom stereocenters. The number of carbonyl (C=O) groups excluding carboxylic acids is 2. The van der Waals surface area contributed by atoms with E-state index in [-0.39, 0.29) is 17.4 Å². The molecule has 0 aliphatic carbocycles. The van der Waals surface area contributed by atoms with Crippen molar-refractivity contribution in [1.29, 1.82) is 0 Å². The van der Waals surface area contributed by atoms with Gasteiger partial charge in [0.05, 0.1) is 12.0 Å². The van der Waals surface area contributed by atoms with Crippen molar-refractivity contribution in [3.63, 3.8) is 0 Å². The van der Waals surface area contributed by atoms with Crippen LogP contribution in [0.1, 0.15) is 30.6 Å². The number of nitrogens with one attached hydrogen (secondary N) is 1. The molecule has 0 aliphatic rings. The van der Waals surface area contributed by atoms with Crippen LogP contribution in [0.2, 0.25) is 0 Å². The maximum absolute atomic E-state index is 12.5. The van der Waals surface area contributed by atoms with Gasteiger partial charge in [-0.15, -0.1) is 10.2 Å². The lowest BCUT2D eigenvalue weighted by Gasteiger charge is -2.06. The molecule has 0 bridgehead atoms. The number of ketones is 1. The van der Waals surface area contributed by atoms with E-state index in [1.54, 1.807) is 43.5 Å². The Kier molecular flexibility index (Phi) is 6.08. The van der Waals surface area contributed by atoms with E-state index in [2.05, 4.69) is 15.5 Å². The first kappa shape index (κ1) is 18.9. The van der Waals surface area contributed by atoms with E-state index in [1.807, 2.05) is 17.6 Å². The number of rotatable bonds is 8. The van der Waals surface area contributed by atoms with Crippen molar-refractivity contribution < 1.29 is 14.0 Å². The van der Waals surface area contributed by atoms with Crippen LogP contribution in [0.15, 0.2) is 52.2 Å². The Morgan fingerprint density at radius 2 is 1.93 bits per heavy atom. The third kappa shape index (κ3) is 4.46. The molecule has 2 heterocycles. The Morgan fingerprint density at radius 3 is 2.56 bits per heavy atom. The summed E-state index contributed by atoms with van der Waals surface area (Å²) in [5.74, 6) is 1.46. The van der Waals surface area contributed by atoms with Gasteiger partial charge in [0, 0.05) is 24.2 Å². The number of benzene rings is 1. The highest BCUT2D eigenvalue weighted by Crippen LogP contribution is 2.25. The van der Waals surface area contributed by atoms with Gasteiger partial charge in [0.1, 0.15) is 0 Å². The van der Waals surface area contributed by atoms with Gasteiger partial charge in [-0.3, -0.25) is 14.2 Å². The number of carbonyl (C=O) groups is 2. The van der Waals surface area contributed by atoms with Crippen LogP contribution in [0.25, 0.3) is 11.6 Å².